The Bertz CT molecular complexity index is 1650. The summed E-state index contributed by atoms with van der Waals surface area (Å²) in [5.41, 5.74) is 1.24. The first-order chi connectivity index (χ1) is 20.7. The summed E-state index contributed by atoms with van der Waals surface area (Å²) in [5, 5.41) is 2.99. The topological polar surface area (TPSA) is 99.2 Å². The van der Waals surface area contributed by atoms with E-state index in [1.807, 2.05) is 4.90 Å². The van der Waals surface area contributed by atoms with Crippen molar-refractivity contribution in [3.63, 3.8) is 0 Å². The molecule has 43 heavy (non-hydrogen) atoms. The fourth-order valence-corrected chi connectivity index (χ4v) is 4.78. The van der Waals surface area contributed by atoms with E-state index in [1.54, 1.807) is 48.5 Å². The average Bonchev–Trinajstić information content (AvgIpc) is 3.02. The number of rotatable bonds is 8. The molecule has 0 atom stereocenters. The summed E-state index contributed by atoms with van der Waals surface area (Å²) in [4.78, 5) is 32.6. The van der Waals surface area contributed by atoms with Gasteiger partial charge in [0.15, 0.2) is 18.1 Å². The second-order valence-electron chi connectivity index (χ2n) is 9.60. The van der Waals surface area contributed by atoms with Gasteiger partial charge in [-0.3, -0.25) is 4.79 Å². The van der Waals surface area contributed by atoms with Gasteiger partial charge in [0.1, 0.15) is 0 Å². The summed E-state index contributed by atoms with van der Waals surface area (Å²) in [5.74, 6) is -0.592. The lowest BCUT2D eigenvalue weighted by molar-refractivity contribution is -0.137. The van der Waals surface area contributed by atoms with Crippen LogP contribution in [0.5, 0.6) is 11.5 Å². The molecule has 0 bridgehead atoms. The second kappa shape index (κ2) is 12.6. The molecule has 1 aliphatic heterocycles. The lowest BCUT2D eigenvalue weighted by Gasteiger charge is -2.31. The standard InChI is InChI=1S/C31H28F3N3O6/c1-40-27-10-7-19(15-28(27)41-2)24-17-22(21-5-3-4-6-23(21)35-24)30(39)43-18-29(38)36-25-16-20(31(32,33)34)8-9-26(25)37-11-13-42-14-12-37/h3-10,15-17H,11-14,18H2,1-2H3,(H,36,38). The molecule has 9 nitrogen and oxygen atoms in total. The number of ether oxygens (including phenoxy) is 4. The van der Waals surface area contributed by atoms with Crippen molar-refractivity contribution >= 4 is 34.2 Å². The molecule has 3 aromatic carbocycles. The summed E-state index contributed by atoms with van der Waals surface area (Å²) in [6.07, 6.45) is -4.61. The summed E-state index contributed by atoms with van der Waals surface area (Å²) in [6, 6.07) is 16.9. The highest BCUT2D eigenvalue weighted by atomic mass is 19.4. The van der Waals surface area contributed by atoms with Crippen LogP contribution in [0.25, 0.3) is 22.2 Å². The Balaban J connectivity index is 1.38. The van der Waals surface area contributed by atoms with Gasteiger partial charge < -0.3 is 29.2 Å². The number of halogens is 3. The molecular formula is C31H28F3N3O6. The SMILES string of the molecule is COc1ccc(-c2cc(C(=O)OCC(=O)Nc3cc(C(F)(F)F)ccc3N3CCOCC3)c3ccccc3n2)cc1OC. The molecule has 1 fully saturated rings. The highest BCUT2D eigenvalue weighted by molar-refractivity contribution is 6.05. The molecule has 1 amide bonds. The number of carbonyl (C=O) groups is 2. The summed E-state index contributed by atoms with van der Waals surface area (Å²) >= 11 is 0. The van der Waals surface area contributed by atoms with Gasteiger partial charge in [-0.15, -0.1) is 0 Å². The first kappa shape index (κ1) is 29.6. The van der Waals surface area contributed by atoms with Gasteiger partial charge in [0.05, 0.1) is 61.1 Å². The summed E-state index contributed by atoms with van der Waals surface area (Å²) in [6.45, 7) is 0.968. The highest BCUT2D eigenvalue weighted by Crippen LogP contribution is 2.36. The zero-order valence-corrected chi connectivity index (χ0v) is 23.4. The third-order valence-electron chi connectivity index (χ3n) is 6.90. The molecule has 224 valence electrons. The maximum Gasteiger partial charge on any atom is 0.416 e. The molecule has 0 saturated carbocycles. The van der Waals surface area contributed by atoms with E-state index in [4.69, 9.17) is 18.9 Å². The Labute approximate surface area is 245 Å². The van der Waals surface area contributed by atoms with Gasteiger partial charge in [0.2, 0.25) is 0 Å². The van der Waals surface area contributed by atoms with Crippen molar-refractivity contribution in [1.82, 2.24) is 4.98 Å². The molecule has 1 aliphatic rings. The summed E-state index contributed by atoms with van der Waals surface area (Å²) in [7, 11) is 3.03. The first-order valence-electron chi connectivity index (χ1n) is 13.3. The average molecular weight is 596 g/mol. The van der Waals surface area contributed by atoms with Crippen LogP contribution in [0, 0.1) is 0 Å². The molecule has 0 radical (unpaired) electrons. The molecule has 1 N–H and O–H groups in total. The van der Waals surface area contributed by atoms with Crippen LogP contribution in [0.1, 0.15) is 15.9 Å². The van der Waals surface area contributed by atoms with Crippen molar-refractivity contribution in [1.29, 1.82) is 0 Å². The number of pyridine rings is 1. The molecule has 1 aromatic heterocycles. The van der Waals surface area contributed by atoms with Crippen LogP contribution in [-0.2, 0) is 20.4 Å². The number of fused-ring (bicyclic) bond motifs is 1. The van der Waals surface area contributed by atoms with Gasteiger partial charge >= 0.3 is 12.1 Å². The second-order valence-corrected chi connectivity index (χ2v) is 9.60. The maximum atomic E-state index is 13.5. The minimum absolute atomic E-state index is 0.0390. The van der Waals surface area contributed by atoms with Crippen molar-refractivity contribution in [2.24, 2.45) is 0 Å². The molecule has 0 unspecified atom stereocenters. The number of alkyl halides is 3. The normalized spacial score (nSPS) is 13.5. The lowest BCUT2D eigenvalue weighted by atomic mass is 10.0. The number of para-hydroxylation sites is 1. The number of hydrogen-bond donors (Lipinski definition) is 1. The Morgan fingerprint density at radius 1 is 0.953 bits per heavy atom. The van der Waals surface area contributed by atoms with Gasteiger partial charge in [-0.25, -0.2) is 9.78 Å². The Morgan fingerprint density at radius 2 is 1.70 bits per heavy atom. The number of nitrogens with one attached hydrogen (secondary N) is 1. The molecule has 2 heterocycles. The number of nitrogens with zero attached hydrogens (tertiary/aromatic N) is 2. The van der Waals surface area contributed by atoms with Crippen LogP contribution in [0.2, 0.25) is 0 Å². The van der Waals surface area contributed by atoms with E-state index in [1.165, 1.54) is 20.3 Å². The van der Waals surface area contributed by atoms with E-state index in [9.17, 15) is 22.8 Å². The van der Waals surface area contributed by atoms with Gasteiger partial charge in [0.25, 0.3) is 5.91 Å². The number of methoxy groups -OCH3 is 2. The van der Waals surface area contributed by atoms with E-state index >= 15 is 0 Å². The molecule has 5 rings (SSSR count). The van der Waals surface area contributed by atoms with Gasteiger partial charge in [0, 0.05) is 24.0 Å². The zero-order valence-electron chi connectivity index (χ0n) is 23.4. The van der Waals surface area contributed by atoms with Crippen molar-refractivity contribution in [2.75, 3.05) is 57.3 Å². The monoisotopic (exact) mass is 595 g/mol. The van der Waals surface area contributed by atoms with Gasteiger partial charge in [-0.2, -0.15) is 13.2 Å². The number of hydrogen-bond acceptors (Lipinski definition) is 8. The van der Waals surface area contributed by atoms with Crippen LogP contribution >= 0.6 is 0 Å². The third kappa shape index (κ3) is 6.64. The summed E-state index contributed by atoms with van der Waals surface area (Å²) < 4.78 is 61.7. The van der Waals surface area contributed by atoms with Crippen molar-refractivity contribution < 1.29 is 41.7 Å². The minimum Gasteiger partial charge on any atom is -0.493 e. The van der Waals surface area contributed by atoms with Gasteiger partial charge in [-0.05, 0) is 48.5 Å². The molecular weight excluding hydrogens is 567 g/mol. The molecule has 4 aromatic rings. The van der Waals surface area contributed by atoms with Crippen LogP contribution in [0.3, 0.4) is 0 Å². The number of aromatic nitrogens is 1. The Morgan fingerprint density at radius 3 is 2.42 bits per heavy atom. The fourth-order valence-electron chi connectivity index (χ4n) is 4.78. The number of amides is 1. The van der Waals surface area contributed by atoms with Crippen LogP contribution in [0.4, 0.5) is 24.5 Å². The van der Waals surface area contributed by atoms with Crippen molar-refractivity contribution in [3.05, 3.63) is 77.9 Å². The van der Waals surface area contributed by atoms with E-state index in [0.29, 0.717) is 65.6 Å². The predicted octanol–water partition coefficient (Wildman–Crippen LogP) is 5.57. The number of morpholine rings is 1. The van der Waals surface area contributed by atoms with Gasteiger partial charge in [-0.1, -0.05) is 18.2 Å². The maximum absolute atomic E-state index is 13.5. The Hall–Kier alpha value is -4.84. The van der Waals surface area contributed by atoms with Crippen LogP contribution in [-0.4, -0.2) is 64.0 Å². The molecule has 1 saturated heterocycles. The van der Waals surface area contributed by atoms with E-state index in [-0.39, 0.29) is 11.3 Å². The highest BCUT2D eigenvalue weighted by Gasteiger charge is 2.32. The molecule has 0 aliphatic carbocycles. The van der Waals surface area contributed by atoms with E-state index in [2.05, 4.69) is 10.3 Å². The van der Waals surface area contributed by atoms with E-state index < -0.39 is 30.2 Å². The number of esters is 1. The predicted molar refractivity (Wildman–Crippen MR) is 154 cm³/mol. The largest absolute Gasteiger partial charge is 0.493 e. The number of carbonyl (C=O) groups excluding carboxylic acids is 2. The quantitative estimate of drug-likeness (QED) is 0.264. The minimum atomic E-state index is -4.61. The van der Waals surface area contributed by atoms with Crippen LogP contribution in [0.15, 0.2) is 66.7 Å². The van der Waals surface area contributed by atoms with E-state index in [0.717, 1.165) is 12.1 Å². The fraction of sp³-hybridized carbons (Fsp3) is 0.258. The van der Waals surface area contributed by atoms with Crippen molar-refractivity contribution in [2.45, 2.75) is 6.18 Å². The number of benzene rings is 3. The third-order valence-corrected chi connectivity index (χ3v) is 6.90. The smallest absolute Gasteiger partial charge is 0.416 e. The lowest BCUT2D eigenvalue weighted by Crippen LogP contribution is -2.37. The zero-order chi connectivity index (χ0) is 30.6. The Kier molecular flexibility index (Phi) is 8.67. The molecule has 0 spiro atoms. The molecule has 12 heteroatoms. The van der Waals surface area contributed by atoms with Crippen molar-refractivity contribution in [3.8, 4) is 22.8 Å². The number of anilines is 2. The first-order valence-corrected chi connectivity index (χ1v) is 13.3. The van der Waals surface area contributed by atoms with Crippen LogP contribution < -0.4 is 19.7 Å².